The van der Waals surface area contributed by atoms with Gasteiger partial charge in [0.15, 0.2) is 0 Å². The van der Waals surface area contributed by atoms with Crippen LogP contribution in [0, 0.1) is 16.7 Å². The number of urea groups is 1. The SMILES string of the molecule is COC(=O)C1=C(C)N(c2cccc(C(F)(F)F)c2)C(=N)N(C(N)=O)[C@@H]1c1ccc(C#N)cc1CC[N+](C)(C)CCO.COC=O. The minimum absolute atomic E-state index is 0.0485. The molecule has 15 heteroatoms. The molecule has 12 nitrogen and oxygen atoms in total. The number of benzene rings is 2. The monoisotopic (exact) mass is 633 g/mol. The highest BCUT2D eigenvalue weighted by Gasteiger charge is 2.44. The lowest BCUT2D eigenvalue weighted by Crippen LogP contribution is -2.55. The number of nitrogens with zero attached hydrogens (tertiary/aromatic N) is 4. The van der Waals surface area contributed by atoms with Gasteiger partial charge in [0.05, 0.1) is 64.2 Å². The first-order valence-electron chi connectivity index (χ1n) is 13.4. The summed E-state index contributed by atoms with van der Waals surface area (Å²) in [6.07, 6.45) is -4.32. The molecule has 3 rings (SSSR count). The molecule has 0 aliphatic carbocycles. The molecule has 1 aliphatic rings. The first-order valence-corrected chi connectivity index (χ1v) is 13.4. The Morgan fingerprint density at radius 3 is 2.33 bits per heavy atom. The van der Waals surface area contributed by atoms with Crippen molar-refractivity contribution in [1.29, 1.82) is 10.7 Å². The van der Waals surface area contributed by atoms with Gasteiger partial charge in [-0.15, -0.1) is 0 Å². The fraction of sp³-hybridized carbons (Fsp3) is 0.367. The van der Waals surface area contributed by atoms with Crippen molar-refractivity contribution in [2.45, 2.75) is 25.6 Å². The maximum absolute atomic E-state index is 13.5. The summed E-state index contributed by atoms with van der Waals surface area (Å²) in [5, 5.41) is 27.9. The molecule has 45 heavy (non-hydrogen) atoms. The number of allylic oxidation sites excluding steroid dienone is 1. The van der Waals surface area contributed by atoms with E-state index in [1.165, 1.54) is 26.2 Å². The van der Waals surface area contributed by atoms with Crippen LogP contribution in [0.1, 0.15) is 35.2 Å². The molecule has 0 unspecified atom stereocenters. The van der Waals surface area contributed by atoms with E-state index in [0.29, 0.717) is 47.2 Å². The number of alkyl halides is 3. The van der Waals surface area contributed by atoms with Gasteiger partial charge in [-0.05, 0) is 48.4 Å². The van der Waals surface area contributed by atoms with Crippen LogP contribution in [0.15, 0.2) is 53.7 Å². The van der Waals surface area contributed by atoms with E-state index >= 15 is 0 Å². The molecule has 0 fully saturated rings. The Bertz CT molecular complexity index is 1500. The van der Waals surface area contributed by atoms with Crippen molar-refractivity contribution >= 4 is 30.1 Å². The van der Waals surface area contributed by atoms with E-state index in [4.69, 9.17) is 20.7 Å². The number of amides is 2. The average Bonchev–Trinajstić information content (AvgIpc) is 2.99. The number of carbonyl (C=O) groups excluding carboxylic acids is 3. The standard InChI is InChI=1S/C28H31F3N6O4.C2H4O2/c1-17-23(25(39)41-4)24(22-9-8-18(16-32)14-19(22)10-11-37(2,3)12-13-38)36(27(34)40)26(33)35(17)21-7-5-6-20(15-21)28(29,30)31;1-4-2-3/h5-9,14-15,24,33,38H,10-13H2,1-4H3,(H-,34,40);2H,1H3/p+1/t24-;/m1./s1. The number of nitrogens with two attached hydrogens (primary N) is 1. The molecule has 2 aromatic carbocycles. The Morgan fingerprint density at radius 1 is 1.18 bits per heavy atom. The van der Waals surface area contributed by atoms with Gasteiger partial charge in [0.25, 0.3) is 6.47 Å². The molecule has 2 amide bonds. The van der Waals surface area contributed by atoms with Crippen LogP contribution in [0.3, 0.4) is 0 Å². The number of carbonyl (C=O) groups is 3. The van der Waals surface area contributed by atoms with Crippen molar-refractivity contribution in [3.63, 3.8) is 0 Å². The number of halogens is 3. The highest BCUT2D eigenvalue weighted by molar-refractivity contribution is 6.10. The number of rotatable bonds is 9. The van der Waals surface area contributed by atoms with Gasteiger partial charge in [-0.2, -0.15) is 18.4 Å². The van der Waals surface area contributed by atoms with E-state index in [2.05, 4.69) is 10.8 Å². The second-order valence-electron chi connectivity index (χ2n) is 10.5. The number of likely N-dealkylation sites (N-methyl/N-ethyl adjacent to an activating group) is 1. The molecule has 0 radical (unpaired) electrons. The van der Waals surface area contributed by atoms with Crippen LogP contribution in [-0.4, -0.2) is 86.9 Å². The predicted octanol–water partition coefficient (Wildman–Crippen LogP) is 3.30. The fourth-order valence-corrected chi connectivity index (χ4v) is 4.83. The van der Waals surface area contributed by atoms with Crippen molar-refractivity contribution in [3.8, 4) is 6.07 Å². The van der Waals surface area contributed by atoms with Crippen molar-refractivity contribution < 1.29 is 46.6 Å². The zero-order valence-electron chi connectivity index (χ0n) is 25.5. The Kier molecular flexibility index (Phi) is 12.2. The molecule has 1 heterocycles. The lowest BCUT2D eigenvalue weighted by molar-refractivity contribution is -0.890. The van der Waals surface area contributed by atoms with Crippen molar-refractivity contribution in [2.75, 3.05) is 52.9 Å². The van der Waals surface area contributed by atoms with E-state index in [9.17, 15) is 33.1 Å². The summed E-state index contributed by atoms with van der Waals surface area (Å²) >= 11 is 0. The number of quaternary nitrogens is 1. The number of hydrogen-bond donors (Lipinski definition) is 3. The van der Waals surface area contributed by atoms with Crippen molar-refractivity contribution in [2.24, 2.45) is 5.73 Å². The number of guanidine groups is 1. The Labute approximate surface area is 258 Å². The second-order valence-corrected chi connectivity index (χ2v) is 10.5. The molecule has 2 aromatic rings. The maximum atomic E-state index is 13.5. The average molecular weight is 634 g/mol. The summed E-state index contributed by atoms with van der Waals surface area (Å²) in [6, 6.07) is 8.48. The quantitative estimate of drug-likeness (QED) is 0.215. The van der Waals surface area contributed by atoms with Crippen LogP contribution in [0.25, 0.3) is 0 Å². The van der Waals surface area contributed by atoms with Gasteiger partial charge in [-0.3, -0.25) is 20.0 Å². The minimum Gasteiger partial charge on any atom is -0.471 e. The number of methoxy groups -OCH3 is 2. The number of nitrogens with one attached hydrogen (secondary N) is 1. The van der Waals surface area contributed by atoms with Gasteiger partial charge in [0.1, 0.15) is 12.6 Å². The third-order valence-corrected chi connectivity index (χ3v) is 7.13. The Hall–Kier alpha value is -4.94. The lowest BCUT2D eigenvalue weighted by Gasteiger charge is -2.43. The number of aliphatic hydroxyl groups is 1. The van der Waals surface area contributed by atoms with Crippen molar-refractivity contribution in [1.82, 2.24) is 4.90 Å². The van der Waals surface area contributed by atoms with Crippen LogP contribution in [0.2, 0.25) is 0 Å². The minimum atomic E-state index is -4.68. The number of aliphatic hydroxyl groups excluding tert-OH is 1. The third-order valence-electron chi connectivity index (χ3n) is 7.13. The molecule has 0 aromatic heterocycles. The Balaban J connectivity index is 0.00000166. The molecular formula is C30H36F3N6O6+. The normalized spacial score (nSPS) is 15.1. The van der Waals surface area contributed by atoms with Gasteiger partial charge in [0.2, 0.25) is 5.96 Å². The topological polar surface area (TPSA) is 170 Å². The summed E-state index contributed by atoms with van der Waals surface area (Å²) < 4.78 is 49.8. The number of ether oxygens (including phenoxy) is 2. The number of nitriles is 1. The molecule has 1 aliphatic heterocycles. The summed E-state index contributed by atoms with van der Waals surface area (Å²) in [5.41, 5.74) is 5.88. The largest absolute Gasteiger partial charge is 0.471 e. The van der Waals surface area contributed by atoms with Crippen LogP contribution >= 0.6 is 0 Å². The number of hydrogen-bond acceptors (Lipinski definition) is 8. The van der Waals surface area contributed by atoms with Gasteiger partial charge >= 0.3 is 18.2 Å². The summed E-state index contributed by atoms with van der Waals surface area (Å²) in [6.45, 7) is 2.73. The number of primary amides is 1. The zero-order chi connectivity index (χ0) is 34.1. The van der Waals surface area contributed by atoms with Crippen LogP contribution in [0.5, 0.6) is 0 Å². The zero-order valence-corrected chi connectivity index (χ0v) is 25.5. The fourth-order valence-electron chi connectivity index (χ4n) is 4.83. The summed E-state index contributed by atoms with van der Waals surface area (Å²) in [5.74, 6) is -1.45. The van der Waals surface area contributed by atoms with E-state index in [1.807, 2.05) is 14.1 Å². The molecule has 0 saturated carbocycles. The molecule has 0 spiro atoms. The third kappa shape index (κ3) is 8.58. The first-order chi connectivity index (χ1) is 21.1. The Morgan fingerprint density at radius 2 is 1.82 bits per heavy atom. The molecule has 1 atom stereocenters. The first kappa shape index (κ1) is 36.3. The predicted molar refractivity (Wildman–Crippen MR) is 157 cm³/mol. The highest BCUT2D eigenvalue weighted by Crippen LogP contribution is 2.42. The van der Waals surface area contributed by atoms with Crippen LogP contribution in [0.4, 0.5) is 23.7 Å². The summed E-state index contributed by atoms with van der Waals surface area (Å²) in [7, 11) is 6.25. The van der Waals surface area contributed by atoms with Crippen molar-refractivity contribution in [3.05, 3.63) is 76.0 Å². The van der Waals surface area contributed by atoms with Crippen LogP contribution < -0.4 is 10.6 Å². The van der Waals surface area contributed by atoms with E-state index in [0.717, 1.165) is 35.1 Å². The molecule has 0 saturated heterocycles. The van der Waals surface area contributed by atoms with Gasteiger partial charge in [-0.25, -0.2) is 9.59 Å². The lowest BCUT2D eigenvalue weighted by atomic mass is 9.87. The van der Waals surface area contributed by atoms with E-state index in [-0.39, 0.29) is 23.6 Å². The highest BCUT2D eigenvalue weighted by atomic mass is 19.4. The number of esters is 1. The molecular weight excluding hydrogens is 597 g/mol. The van der Waals surface area contributed by atoms with Gasteiger partial charge in [0, 0.05) is 17.8 Å². The van der Waals surface area contributed by atoms with E-state index in [1.54, 1.807) is 12.1 Å². The van der Waals surface area contributed by atoms with Crippen LogP contribution in [-0.2, 0) is 31.7 Å². The molecule has 4 N–H and O–H groups in total. The molecule has 242 valence electrons. The van der Waals surface area contributed by atoms with E-state index < -0.39 is 35.7 Å². The second kappa shape index (κ2) is 15.2. The molecule has 0 bridgehead atoms. The summed E-state index contributed by atoms with van der Waals surface area (Å²) in [4.78, 5) is 37.0. The maximum Gasteiger partial charge on any atom is 0.416 e. The van der Waals surface area contributed by atoms with Gasteiger partial charge in [-0.1, -0.05) is 12.1 Å². The van der Waals surface area contributed by atoms with Gasteiger partial charge < -0.3 is 24.8 Å². The smallest absolute Gasteiger partial charge is 0.416 e. The number of anilines is 1.